The number of aliphatic carboxylic acids is 1. The smallest absolute Gasteiger partial charge is 0.329 e. The highest BCUT2D eigenvalue weighted by molar-refractivity contribution is 6.07. The fraction of sp³-hybridized carbons (Fsp3) is 0.571. The predicted octanol–water partition coefficient (Wildman–Crippen LogP) is -2.48. The number of amides is 2. The molecular weight excluding hydrogens is 192 g/mol. The van der Waals surface area contributed by atoms with Crippen LogP contribution in [0.15, 0.2) is 0 Å². The number of carbonyl (C=O) groups excluding carboxylic acids is 2. The Hall–Kier alpha value is -1.47. The minimum atomic E-state index is -1.52. The molecule has 1 heterocycles. The van der Waals surface area contributed by atoms with E-state index >= 15 is 0 Å². The molecule has 0 aromatic rings. The molecule has 0 radical (unpaired) electrons. The van der Waals surface area contributed by atoms with Crippen LogP contribution in [0.5, 0.6) is 0 Å². The second-order valence-electron chi connectivity index (χ2n) is 2.95. The molecule has 0 saturated carbocycles. The normalized spacial score (nSPS) is 24.1. The molecule has 1 fully saturated rings. The molecule has 78 valence electrons. The number of aliphatic hydroxyl groups is 1. The van der Waals surface area contributed by atoms with Gasteiger partial charge in [0.15, 0.2) is 6.04 Å². The molecule has 0 aromatic heterocycles. The standard InChI is InChI=1S/C7H10N2O5/c8-3-1-5(11)9(6(3)12)4(2-10)7(13)14/h3-4,10H,1-2,8H2,(H,13,14). The minimum absolute atomic E-state index is 0.206. The topological polar surface area (TPSA) is 121 Å². The van der Waals surface area contributed by atoms with Crippen LogP contribution < -0.4 is 5.73 Å². The SMILES string of the molecule is NC1CC(=O)N(C(CO)C(=O)O)C1=O. The van der Waals surface area contributed by atoms with Crippen LogP contribution in [0.25, 0.3) is 0 Å². The number of nitrogens with zero attached hydrogens (tertiary/aromatic N) is 1. The predicted molar refractivity (Wildman–Crippen MR) is 43.0 cm³/mol. The van der Waals surface area contributed by atoms with Gasteiger partial charge in [0.1, 0.15) is 0 Å². The summed E-state index contributed by atoms with van der Waals surface area (Å²) in [6.07, 6.45) is -0.206. The Morgan fingerprint density at radius 1 is 1.64 bits per heavy atom. The quantitative estimate of drug-likeness (QED) is 0.435. The third-order valence-electron chi connectivity index (χ3n) is 1.99. The average molecular weight is 202 g/mol. The van der Waals surface area contributed by atoms with E-state index in [1.165, 1.54) is 0 Å². The summed E-state index contributed by atoms with van der Waals surface area (Å²) < 4.78 is 0. The van der Waals surface area contributed by atoms with Gasteiger partial charge in [-0.2, -0.15) is 0 Å². The van der Waals surface area contributed by atoms with Crippen LogP contribution in [0.1, 0.15) is 6.42 Å². The van der Waals surface area contributed by atoms with Crippen LogP contribution in [0, 0.1) is 0 Å². The van der Waals surface area contributed by atoms with Crippen molar-refractivity contribution in [2.24, 2.45) is 5.73 Å². The Bertz CT molecular complexity index is 290. The van der Waals surface area contributed by atoms with E-state index in [0.29, 0.717) is 4.90 Å². The van der Waals surface area contributed by atoms with Crippen molar-refractivity contribution >= 4 is 17.8 Å². The summed E-state index contributed by atoms with van der Waals surface area (Å²) in [5.74, 6) is -2.84. The maximum Gasteiger partial charge on any atom is 0.329 e. The number of imide groups is 1. The molecule has 14 heavy (non-hydrogen) atoms. The number of nitrogens with two attached hydrogens (primary N) is 1. The van der Waals surface area contributed by atoms with E-state index in [2.05, 4.69) is 0 Å². The second-order valence-corrected chi connectivity index (χ2v) is 2.95. The van der Waals surface area contributed by atoms with Gasteiger partial charge in [0.05, 0.1) is 19.1 Å². The zero-order valence-electron chi connectivity index (χ0n) is 7.21. The van der Waals surface area contributed by atoms with Gasteiger partial charge in [-0.05, 0) is 0 Å². The van der Waals surface area contributed by atoms with Gasteiger partial charge in [0.25, 0.3) is 0 Å². The lowest BCUT2D eigenvalue weighted by Gasteiger charge is -2.20. The number of hydrogen-bond donors (Lipinski definition) is 3. The van der Waals surface area contributed by atoms with Crippen molar-refractivity contribution < 1.29 is 24.6 Å². The molecule has 1 aliphatic rings. The molecule has 1 aliphatic heterocycles. The molecule has 4 N–H and O–H groups in total. The van der Waals surface area contributed by atoms with E-state index in [1.807, 2.05) is 0 Å². The van der Waals surface area contributed by atoms with Gasteiger partial charge in [-0.3, -0.25) is 14.5 Å². The van der Waals surface area contributed by atoms with Gasteiger partial charge in [0.2, 0.25) is 11.8 Å². The van der Waals surface area contributed by atoms with E-state index in [-0.39, 0.29) is 6.42 Å². The summed E-state index contributed by atoms with van der Waals surface area (Å²) in [7, 11) is 0. The highest BCUT2D eigenvalue weighted by atomic mass is 16.4. The van der Waals surface area contributed by atoms with Crippen molar-refractivity contribution in [2.75, 3.05) is 6.61 Å². The molecule has 1 rings (SSSR count). The maximum absolute atomic E-state index is 11.2. The van der Waals surface area contributed by atoms with E-state index in [1.54, 1.807) is 0 Å². The fourth-order valence-electron chi connectivity index (χ4n) is 1.27. The van der Waals surface area contributed by atoms with Crippen molar-refractivity contribution in [3.05, 3.63) is 0 Å². The zero-order chi connectivity index (χ0) is 10.9. The Kier molecular flexibility index (Phi) is 2.82. The number of rotatable bonds is 3. The molecule has 1 saturated heterocycles. The first-order valence-corrected chi connectivity index (χ1v) is 3.94. The first-order chi connectivity index (χ1) is 6.49. The molecule has 7 nitrogen and oxygen atoms in total. The number of hydrogen-bond acceptors (Lipinski definition) is 5. The first kappa shape index (κ1) is 10.6. The largest absolute Gasteiger partial charge is 0.480 e. The highest BCUT2D eigenvalue weighted by Gasteiger charge is 2.43. The molecule has 0 aliphatic carbocycles. The molecule has 2 atom stereocenters. The van der Waals surface area contributed by atoms with Crippen molar-refractivity contribution in [1.29, 1.82) is 0 Å². The molecule has 0 bridgehead atoms. The number of aliphatic hydroxyl groups excluding tert-OH is 1. The molecule has 2 amide bonds. The molecule has 7 heteroatoms. The third-order valence-corrected chi connectivity index (χ3v) is 1.99. The van der Waals surface area contributed by atoms with Crippen molar-refractivity contribution in [3.8, 4) is 0 Å². The highest BCUT2D eigenvalue weighted by Crippen LogP contribution is 2.14. The van der Waals surface area contributed by atoms with Gasteiger partial charge in [0, 0.05) is 0 Å². The molecule has 0 aromatic carbocycles. The minimum Gasteiger partial charge on any atom is -0.480 e. The lowest BCUT2D eigenvalue weighted by Crippen LogP contribution is -2.48. The summed E-state index contributed by atoms with van der Waals surface area (Å²) in [4.78, 5) is 33.5. The summed E-state index contributed by atoms with van der Waals surface area (Å²) in [5, 5.41) is 17.3. The molecular formula is C7H10N2O5. The lowest BCUT2D eigenvalue weighted by atomic mass is 10.2. The summed E-state index contributed by atoms with van der Waals surface area (Å²) in [6.45, 7) is -0.806. The van der Waals surface area contributed by atoms with Crippen LogP contribution in [-0.2, 0) is 14.4 Å². The number of carboxylic acids is 1. The van der Waals surface area contributed by atoms with Gasteiger partial charge in [-0.25, -0.2) is 4.79 Å². The molecule has 0 spiro atoms. The Morgan fingerprint density at radius 3 is 2.50 bits per heavy atom. The van der Waals surface area contributed by atoms with Crippen molar-refractivity contribution in [2.45, 2.75) is 18.5 Å². The summed E-state index contributed by atoms with van der Waals surface area (Å²) in [5.41, 5.74) is 5.27. The number of likely N-dealkylation sites (tertiary alicyclic amines) is 1. The van der Waals surface area contributed by atoms with E-state index in [0.717, 1.165) is 0 Å². The van der Waals surface area contributed by atoms with E-state index in [4.69, 9.17) is 15.9 Å². The van der Waals surface area contributed by atoms with Gasteiger partial charge >= 0.3 is 5.97 Å². The van der Waals surface area contributed by atoms with Crippen LogP contribution in [0.2, 0.25) is 0 Å². The van der Waals surface area contributed by atoms with Gasteiger partial charge in [-0.1, -0.05) is 0 Å². The van der Waals surface area contributed by atoms with Crippen molar-refractivity contribution in [3.63, 3.8) is 0 Å². The second kappa shape index (κ2) is 3.72. The third kappa shape index (κ3) is 1.59. The Morgan fingerprint density at radius 2 is 2.21 bits per heavy atom. The van der Waals surface area contributed by atoms with Crippen LogP contribution in [0.4, 0.5) is 0 Å². The zero-order valence-corrected chi connectivity index (χ0v) is 7.21. The number of carboxylic acid groups (broad SMARTS) is 1. The summed E-state index contributed by atoms with van der Waals surface area (Å²) >= 11 is 0. The first-order valence-electron chi connectivity index (χ1n) is 3.94. The lowest BCUT2D eigenvalue weighted by molar-refractivity contribution is -0.156. The van der Waals surface area contributed by atoms with Gasteiger partial charge in [-0.15, -0.1) is 0 Å². The van der Waals surface area contributed by atoms with E-state index in [9.17, 15) is 14.4 Å². The Balaban J connectivity index is 2.90. The van der Waals surface area contributed by atoms with Crippen molar-refractivity contribution in [1.82, 2.24) is 4.90 Å². The maximum atomic E-state index is 11.2. The van der Waals surface area contributed by atoms with Gasteiger partial charge < -0.3 is 15.9 Å². The summed E-state index contributed by atoms with van der Waals surface area (Å²) in [6, 6.07) is -2.51. The van der Waals surface area contributed by atoms with Crippen LogP contribution >= 0.6 is 0 Å². The fourth-order valence-corrected chi connectivity index (χ4v) is 1.27. The van der Waals surface area contributed by atoms with E-state index < -0.39 is 36.5 Å². The van der Waals surface area contributed by atoms with Crippen LogP contribution in [0.3, 0.4) is 0 Å². The van der Waals surface area contributed by atoms with Crippen LogP contribution in [-0.4, -0.2) is 51.6 Å². The monoisotopic (exact) mass is 202 g/mol. The molecule has 2 unspecified atom stereocenters. The Labute approximate surface area is 79.1 Å². The average Bonchev–Trinajstić information content (AvgIpc) is 2.32. The number of carbonyl (C=O) groups is 3.